The predicted molar refractivity (Wildman–Crippen MR) is 59.2 cm³/mol. The Morgan fingerprint density at radius 3 is 2.67 bits per heavy atom. The van der Waals surface area contributed by atoms with Crippen LogP contribution in [-0.2, 0) is 6.18 Å². The molecule has 0 unspecified atom stereocenters. The molecule has 4 nitrogen and oxygen atoms in total. The van der Waals surface area contributed by atoms with Crippen LogP contribution in [0.3, 0.4) is 0 Å². The molecule has 2 heterocycles. The summed E-state index contributed by atoms with van der Waals surface area (Å²) in [5, 5.41) is 2.73. The lowest BCUT2D eigenvalue weighted by molar-refractivity contribution is -0.141. The van der Waals surface area contributed by atoms with Crippen molar-refractivity contribution in [1.82, 2.24) is 10.3 Å². The van der Waals surface area contributed by atoms with Gasteiger partial charge in [-0.1, -0.05) is 6.92 Å². The number of amides is 2. The molecule has 0 bridgehead atoms. The van der Waals surface area contributed by atoms with Gasteiger partial charge in [-0.15, -0.1) is 0 Å². The van der Waals surface area contributed by atoms with Gasteiger partial charge >= 0.3 is 12.2 Å². The predicted octanol–water partition coefficient (Wildman–Crippen LogP) is 2.41. The van der Waals surface area contributed by atoms with Gasteiger partial charge < -0.3 is 5.32 Å². The topological polar surface area (TPSA) is 45.2 Å². The summed E-state index contributed by atoms with van der Waals surface area (Å²) in [6.45, 7) is 2.38. The zero-order valence-corrected chi connectivity index (χ0v) is 9.66. The highest BCUT2D eigenvalue weighted by Crippen LogP contribution is 2.29. The van der Waals surface area contributed by atoms with Crippen molar-refractivity contribution < 1.29 is 18.0 Å². The molecular formula is C11H12F3N3O. The van der Waals surface area contributed by atoms with Gasteiger partial charge in [0.25, 0.3) is 0 Å². The van der Waals surface area contributed by atoms with Crippen molar-refractivity contribution in [2.45, 2.75) is 25.6 Å². The monoisotopic (exact) mass is 259 g/mol. The van der Waals surface area contributed by atoms with Gasteiger partial charge in [-0.25, -0.2) is 9.78 Å². The third-order valence-corrected chi connectivity index (χ3v) is 2.82. The van der Waals surface area contributed by atoms with Gasteiger partial charge in [0.1, 0.15) is 5.69 Å². The Balaban J connectivity index is 2.18. The highest BCUT2D eigenvalue weighted by atomic mass is 19.4. The van der Waals surface area contributed by atoms with E-state index in [0.717, 1.165) is 18.7 Å². The average Bonchev–Trinajstić information content (AvgIpc) is 2.70. The number of alkyl halides is 3. The lowest BCUT2D eigenvalue weighted by Crippen LogP contribution is -2.28. The second-order valence-corrected chi connectivity index (χ2v) is 4.06. The molecule has 1 fully saturated rings. The molecule has 0 radical (unpaired) electrons. The van der Waals surface area contributed by atoms with E-state index in [2.05, 4.69) is 10.3 Å². The molecule has 18 heavy (non-hydrogen) atoms. The molecule has 0 spiro atoms. The Labute approximate surface area is 102 Å². The number of nitrogens with one attached hydrogen (secondary N) is 1. The van der Waals surface area contributed by atoms with Crippen molar-refractivity contribution in [1.29, 1.82) is 0 Å². The second kappa shape index (κ2) is 4.47. The molecule has 1 aliphatic rings. The van der Waals surface area contributed by atoms with Crippen LogP contribution in [-0.4, -0.2) is 23.6 Å². The highest BCUT2D eigenvalue weighted by Gasteiger charge is 2.33. The van der Waals surface area contributed by atoms with Gasteiger partial charge in [0.05, 0.1) is 11.9 Å². The van der Waals surface area contributed by atoms with Crippen LogP contribution < -0.4 is 10.2 Å². The molecule has 0 aliphatic carbocycles. The lowest BCUT2D eigenvalue weighted by atomic mass is 10.2. The average molecular weight is 259 g/mol. The molecule has 1 N–H and O–H groups in total. The fourth-order valence-corrected chi connectivity index (χ4v) is 1.77. The molecule has 1 aromatic heterocycles. The zero-order valence-electron chi connectivity index (χ0n) is 9.66. The Bertz CT molecular complexity index is 444. The van der Waals surface area contributed by atoms with E-state index in [1.807, 2.05) is 6.92 Å². The minimum atomic E-state index is -4.46. The first-order valence-electron chi connectivity index (χ1n) is 5.53. The SMILES string of the molecule is CC[C@H]1CN(c2ccc(C(F)(F)F)nc2)C(=O)N1. The van der Waals surface area contributed by atoms with Crippen LogP contribution in [0.2, 0.25) is 0 Å². The number of anilines is 1. The van der Waals surface area contributed by atoms with Gasteiger partial charge in [-0.2, -0.15) is 13.2 Å². The van der Waals surface area contributed by atoms with Crippen LogP contribution in [0.15, 0.2) is 18.3 Å². The van der Waals surface area contributed by atoms with E-state index in [0.29, 0.717) is 12.2 Å². The molecule has 2 amide bonds. The first kappa shape index (κ1) is 12.7. The van der Waals surface area contributed by atoms with Crippen LogP contribution >= 0.6 is 0 Å². The van der Waals surface area contributed by atoms with Gasteiger partial charge in [-0.3, -0.25) is 4.90 Å². The van der Waals surface area contributed by atoms with E-state index in [4.69, 9.17) is 0 Å². The second-order valence-electron chi connectivity index (χ2n) is 4.06. The number of aromatic nitrogens is 1. The maximum absolute atomic E-state index is 12.3. The molecule has 1 aromatic rings. The summed E-state index contributed by atoms with van der Waals surface area (Å²) in [5.41, 5.74) is -0.589. The van der Waals surface area contributed by atoms with Gasteiger partial charge in [-0.05, 0) is 18.6 Å². The number of urea groups is 1. The summed E-state index contributed by atoms with van der Waals surface area (Å²) in [6, 6.07) is 1.86. The molecule has 2 rings (SSSR count). The smallest absolute Gasteiger partial charge is 0.333 e. The Hall–Kier alpha value is -1.79. The number of rotatable bonds is 2. The number of hydrogen-bond donors (Lipinski definition) is 1. The molecule has 7 heteroatoms. The van der Waals surface area contributed by atoms with Crippen molar-refractivity contribution in [2.75, 3.05) is 11.4 Å². The molecule has 1 atom stereocenters. The maximum atomic E-state index is 12.3. The van der Waals surface area contributed by atoms with Crippen LogP contribution in [0, 0.1) is 0 Å². The molecule has 0 saturated carbocycles. The first-order valence-corrected chi connectivity index (χ1v) is 5.53. The maximum Gasteiger partial charge on any atom is 0.433 e. The van der Waals surface area contributed by atoms with Crippen LogP contribution in [0.4, 0.5) is 23.7 Å². The van der Waals surface area contributed by atoms with E-state index in [9.17, 15) is 18.0 Å². The minimum absolute atomic E-state index is 0.0276. The van der Waals surface area contributed by atoms with Crippen molar-refractivity contribution in [2.24, 2.45) is 0 Å². The fraction of sp³-hybridized carbons (Fsp3) is 0.455. The number of halogens is 3. The number of carbonyl (C=O) groups is 1. The van der Waals surface area contributed by atoms with E-state index in [1.165, 1.54) is 11.0 Å². The van der Waals surface area contributed by atoms with E-state index >= 15 is 0 Å². The van der Waals surface area contributed by atoms with Crippen molar-refractivity contribution >= 4 is 11.7 Å². The summed E-state index contributed by atoms with van der Waals surface area (Å²) in [7, 11) is 0. The van der Waals surface area contributed by atoms with Crippen molar-refractivity contribution in [3.63, 3.8) is 0 Å². The van der Waals surface area contributed by atoms with Crippen LogP contribution in [0.5, 0.6) is 0 Å². The summed E-state index contributed by atoms with van der Waals surface area (Å²) >= 11 is 0. The lowest BCUT2D eigenvalue weighted by Gasteiger charge is -2.15. The minimum Gasteiger partial charge on any atom is -0.333 e. The fourth-order valence-electron chi connectivity index (χ4n) is 1.77. The first-order chi connectivity index (χ1) is 8.41. The van der Waals surface area contributed by atoms with Gasteiger partial charge in [0.15, 0.2) is 0 Å². The molecule has 1 saturated heterocycles. The third-order valence-electron chi connectivity index (χ3n) is 2.82. The molecule has 0 aromatic carbocycles. The largest absolute Gasteiger partial charge is 0.433 e. The number of carbonyl (C=O) groups excluding carboxylic acids is 1. The summed E-state index contributed by atoms with van der Waals surface area (Å²) < 4.78 is 37.0. The standard InChI is InChI=1S/C11H12F3N3O/c1-2-7-6-17(10(18)16-7)8-3-4-9(15-5-8)11(12,13)14/h3-5,7H,2,6H2,1H3,(H,16,18)/t7-/m0/s1. The van der Waals surface area contributed by atoms with E-state index < -0.39 is 11.9 Å². The zero-order chi connectivity index (χ0) is 13.3. The number of pyridine rings is 1. The highest BCUT2D eigenvalue weighted by molar-refractivity contribution is 5.94. The number of hydrogen-bond acceptors (Lipinski definition) is 2. The quantitative estimate of drug-likeness (QED) is 0.886. The summed E-state index contributed by atoms with van der Waals surface area (Å²) in [6.07, 6.45) is -2.62. The van der Waals surface area contributed by atoms with E-state index in [-0.39, 0.29) is 12.1 Å². The van der Waals surface area contributed by atoms with Gasteiger partial charge in [0, 0.05) is 12.6 Å². The molecular weight excluding hydrogens is 247 g/mol. The summed E-state index contributed by atoms with van der Waals surface area (Å²) in [4.78, 5) is 16.3. The van der Waals surface area contributed by atoms with Crippen molar-refractivity contribution in [3.8, 4) is 0 Å². The van der Waals surface area contributed by atoms with E-state index in [1.54, 1.807) is 0 Å². The Morgan fingerprint density at radius 2 is 2.22 bits per heavy atom. The van der Waals surface area contributed by atoms with Crippen molar-refractivity contribution in [3.05, 3.63) is 24.0 Å². The van der Waals surface area contributed by atoms with Crippen LogP contribution in [0.1, 0.15) is 19.0 Å². The Kier molecular flexibility index (Phi) is 3.14. The van der Waals surface area contributed by atoms with Gasteiger partial charge in [0.2, 0.25) is 0 Å². The molecule has 98 valence electrons. The third kappa shape index (κ3) is 2.39. The van der Waals surface area contributed by atoms with Crippen LogP contribution in [0.25, 0.3) is 0 Å². The summed E-state index contributed by atoms with van der Waals surface area (Å²) in [5.74, 6) is 0. The Morgan fingerprint density at radius 1 is 1.50 bits per heavy atom. The molecule has 1 aliphatic heterocycles. The normalized spacial score (nSPS) is 20.1. The number of nitrogens with zero attached hydrogens (tertiary/aromatic N) is 2.